The summed E-state index contributed by atoms with van der Waals surface area (Å²) in [4.78, 5) is 74.5. The number of esters is 1. The van der Waals surface area contributed by atoms with Crippen molar-refractivity contribution in [2.24, 2.45) is 92.2 Å². The average Bonchev–Trinajstić information content (AvgIpc) is 3.94. The number of aliphatic hydroxyl groups excluding tert-OH is 3. The van der Waals surface area contributed by atoms with Gasteiger partial charge in [0.2, 0.25) is 23.6 Å². The SMILES string of the molecule is C=C(CCNC(=O)[C@H](C)[C@@H](CO)C1CCCN1C(=O)C[C@@H](CO)[C@H]([C@@H](C)CC)N(C)C(=O)[C@@H](NC(=O)C(C(C)C)N(C)C)C(C)C)[C@@H]1CC[C@]2(COC(C)=O)CC[C@]3(C)C(CCC4[C@@]5(C)CC[C@H](O)C(C)(C)[C@@H]5CC[C@]43C)[C@@H]12. The van der Waals surface area contributed by atoms with Crippen LogP contribution in [0.4, 0.5) is 0 Å². The molecular formula is C64H111N5O9. The molecule has 0 aromatic heterocycles. The fourth-order valence-electron chi connectivity index (χ4n) is 19.0. The van der Waals surface area contributed by atoms with Crippen LogP contribution in [0, 0.1) is 92.2 Å². The van der Waals surface area contributed by atoms with E-state index >= 15 is 0 Å². The molecule has 6 aliphatic rings. The smallest absolute Gasteiger partial charge is 0.302 e. The van der Waals surface area contributed by atoms with Gasteiger partial charge in [0.25, 0.3) is 0 Å². The van der Waals surface area contributed by atoms with Gasteiger partial charge >= 0.3 is 5.97 Å². The molecule has 5 N–H and O–H groups in total. The van der Waals surface area contributed by atoms with Crippen LogP contribution in [0.15, 0.2) is 12.2 Å². The van der Waals surface area contributed by atoms with Gasteiger partial charge in [-0.3, -0.25) is 28.9 Å². The van der Waals surface area contributed by atoms with E-state index in [4.69, 9.17) is 11.3 Å². The molecule has 0 aromatic rings. The predicted octanol–water partition coefficient (Wildman–Crippen LogP) is 8.89. The van der Waals surface area contributed by atoms with E-state index in [1.165, 1.54) is 19.8 Å². The third kappa shape index (κ3) is 11.9. The van der Waals surface area contributed by atoms with Crippen molar-refractivity contribution in [2.45, 2.75) is 217 Å². The van der Waals surface area contributed by atoms with Crippen LogP contribution in [-0.2, 0) is 28.7 Å². The number of aliphatic hydroxyl groups is 3. The van der Waals surface area contributed by atoms with E-state index in [1.54, 1.807) is 16.8 Å². The molecule has 0 bridgehead atoms. The van der Waals surface area contributed by atoms with Crippen molar-refractivity contribution in [3.63, 3.8) is 0 Å². The second-order valence-electron chi connectivity index (χ2n) is 28.8. The van der Waals surface area contributed by atoms with E-state index in [1.807, 2.05) is 67.5 Å². The first kappa shape index (κ1) is 64.1. The highest BCUT2D eigenvalue weighted by atomic mass is 16.5. The van der Waals surface area contributed by atoms with Gasteiger partial charge in [0.1, 0.15) is 6.04 Å². The molecule has 4 unspecified atom stereocenters. The maximum atomic E-state index is 14.5. The van der Waals surface area contributed by atoms with E-state index in [0.29, 0.717) is 62.6 Å². The van der Waals surface area contributed by atoms with Gasteiger partial charge in [-0.1, -0.05) is 102 Å². The van der Waals surface area contributed by atoms with Gasteiger partial charge in [-0.25, -0.2) is 0 Å². The summed E-state index contributed by atoms with van der Waals surface area (Å²) in [5, 5.41) is 39.5. The first-order chi connectivity index (χ1) is 36.4. The van der Waals surface area contributed by atoms with Crippen LogP contribution in [0.1, 0.15) is 186 Å². The van der Waals surface area contributed by atoms with Gasteiger partial charge in [0.05, 0.1) is 18.8 Å². The topological polar surface area (TPSA) is 189 Å². The summed E-state index contributed by atoms with van der Waals surface area (Å²) in [6.45, 7) is 33.1. The molecule has 1 saturated heterocycles. The minimum Gasteiger partial charge on any atom is -0.465 e. The van der Waals surface area contributed by atoms with Crippen molar-refractivity contribution < 1.29 is 44.0 Å². The summed E-state index contributed by atoms with van der Waals surface area (Å²) in [5.74, 6) is -0.933. The third-order valence-electron chi connectivity index (χ3n) is 23.7. The Hall–Kier alpha value is -3.07. The summed E-state index contributed by atoms with van der Waals surface area (Å²) in [5.41, 5.74) is 1.35. The van der Waals surface area contributed by atoms with Crippen LogP contribution >= 0.6 is 0 Å². The molecule has 5 aliphatic carbocycles. The molecule has 5 saturated carbocycles. The highest BCUT2D eigenvalue weighted by Crippen LogP contribution is 2.77. The average molecular weight is 1090 g/mol. The number of ether oxygens (including phenoxy) is 1. The first-order valence-electron chi connectivity index (χ1n) is 31.0. The number of amides is 4. The molecular weight excluding hydrogens is 983 g/mol. The summed E-state index contributed by atoms with van der Waals surface area (Å²) >= 11 is 0. The lowest BCUT2D eigenvalue weighted by atomic mass is 9.32. The number of hydrogen-bond acceptors (Lipinski definition) is 10. The predicted molar refractivity (Wildman–Crippen MR) is 308 cm³/mol. The number of likely N-dealkylation sites (tertiary alicyclic amines) is 1. The van der Waals surface area contributed by atoms with Gasteiger partial charge in [-0.2, -0.15) is 0 Å². The molecule has 14 heteroatoms. The molecule has 18 atom stereocenters. The number of carbonyl (C=O) groups is 5. The second-order valence-corrected chi connectivity index (χ2v) is 28.8. The van der Waals surface area contributed by atoms with Crippen LogP contribution in [0.3, 0.4) is 0 Å². The first-order valence-corrected chi connectivity index (χ1v) is 31.0. The Morgan fingerprint density at radius 1 is 0.795 bits per heavy atom. The number of nitrogens with zero attached hydrogens (tertiary/aromatic N) is 3. The molecule has 0 spiro atoms. The van der Waals surface area contributed by atoms with Crippen molar-refractivity contribution in [3.8, 4) is 0 Å². The Kier molecular flexibility index (Phi) is 20.7. The molecule has 6 fully saturated rings. The summed E-state index contributed by atoms with van der Waals surface area (Å²) in [6, 6.07) is -2.10. The third-order valence-corrected chi connectivity index (χ3v) is 23.7. The van der Waals surface area contributed by atoms with Crippen LogP contribution in [0.5, 0.6) is 0 Å². The molecule has 446 valence electrons. The zero-order valence-corrected chi connectivity index (χ0v) is 51.7. The largest absolute Gasteiger partial charge is 0.465 e. The summed E-state index contributed by atoms with van der Waals surface area (Å²) < 4.78 is 5.99. The van der Waals surface area contributed by atoms with E-state index in [2.05, 4.69) is 45.3 Å². The second kappa shape index (κ2) is 25.2. The Labute approximate surface area is 472 Å². The Morgan fingerprint density at radius 3 is 2.06 bits per heavy atom. The lowest BCUT2D eigenvalue weighted by Crippen LogP contribution is -2.66. The maximum Gasteiger partial charge on any atom is 0.302 e. The van der Waals surface area contributed by atoms with Crippen molar-refractivity contribution in [1.82, 2.24) is 25.3 Å². The molecule has 4 amide bonds. The molecule has 1 heterocycles. The van der Waals surface area contributed by atoms with Crippen molar-refractivity contribution in [2.75, 3.05) is 54.1 Å². The fourth-order valence-corrected chi connectivity index (χ4v) is 19.0. The molecule has 0 radical (unpaired) electrons. The van der Waals surface area contributed by atoms with Crippen LogP contribution in [0.2, 0.25) is 0 Å². The highest BCUT2D eigenvalue weighted by molar-refractivity contribution is 5.90. The van der Waals surface area contributed by atoms with Crippen LogP contribution in [0.25, 0.3) is 0 Å². The zero-order chi connectivity index (χ0) is 58.2. The molecule has 6 rings (SSSR count). The Balaban J connectivity index is 1.12. The number of likely N-dealkylation sites (N-methyl/N-ethyl adjacent to an activating group) is 2. The van der Waals surface area contributed by atoms with Gasteiger partial charge in [0.15, 0.2) is 0 Å². The van der Waals surface area contributed by atoms with Gasteiger partial charge in [0, 0.05) is 81.9 Å². The van der Waals surface area contributed by atoms with Crippen molar-refractivity contribution >= 4 is 29.6 Å². The fraction of sp³-hybridized carbons (Fsp3) is 0.891. The number of carbonyl (C=O) groups excluding carboxylic acids is 5. The van der Waals surface area contributed by atoms with E-state index in [0.717, 1.165) is 63.4 Å². The van der Waals surface area contributed by atoms with Crippen LogP contribution < -0.4 is 10.6 Å². The zero-order valence-electron chi connectivity index (χ0n) is 51.7. The minimum atomic E-state index is -0.803. The summed E-state index contributed by atoms with van der Waals surface area (Å²) in [7, 11) is 5.42. The lowest BCUT2D eigenvalue weighted by molar-refractivity contribution is -0.250. The maximum absolute atomic E-state index is 14.5. The van der Waals surface area contributed by atoms with Gasteiger partial charge in [-0.15, -0.1) is 0 Å². The highest BCUT2D eigenvalue weighted by Gasteiger charge is 2.71. The summed E-state index contributed by atoms with van der Waals surface area (Å²) in [6.07, 6.45) is 13.1. The molecule has 14 nitrogen and oxygen atoms in total. The number of nitrogens with one attached hydrogen (secondary N) is 2. The number of hydrogen-bond donors (Lipinski definition) is 5. The normalized spacial score (nSPS) is 35.0. The minimum absolute atomic E-state index is 0.0113. The molecule has 78 heavy (non-hydrogen) atoms. The van der Waals surface area contributed by atoms with Gasteiger partial charge in [-0.05, 0) is 167 Å². The van der Waals surface area contributed by atoms with Crippen molar-refractivity contribution in [1.29, 1.82) is 0 Å². The van der Waals surface area contributed by atoms with E-state index < -0.39 is 35.9 Å². The van der Waals surface area contributed by atoms with E-state index in [9.17, 15) is 39.3 Å². The van der Waals surface area contributed by atoms with Gasteiger partial charge < -0.3 is 40.5 Å². The lowest BCUT2D eigenvalue weighted by Gasteiger charge is -2.73. The monoisotopic (exact) mass is 1090 g/mol. The Bertz CT molecular complexity index is 2120. The standard InChI is InChI=1S/C64H111N5O9/c1-18-40(6)56(68(17)59(77)54(38(2)3)66-58(76)55(39(4)5)67(15)16)44(35-70)34-52(74)69-33-19-20-48(69)46(36-71)42(8)57(75)65-32-26-41(7)45-23-29-64(37-78-43(9)72)31-30-62(13)47(53(45)64)21-22-50-61(12)27-25-51(73)60(10,11)49(61)24-28-63(50,62)14/h38-40,42,44-51,53-56,70-71,73H,7,18-37H2,1-6,8-17H3,(H,65,75)(H,66,76)/t40-,42+,44-,45-,46+,47?,48?,49-,50?,51-,53+,54-,55?,56-,61-,62+,63+,64+/m0/s1. The molecule has 1 aliphatic heterocycles. The molecule has 0 aromatic carbocycles. The number of fused-ring (bicyclic) bond motifs is 7. The van der Waals surface area contributed by atoms with Crippen LogP contribution in [-0.4, -0.2) is 144 Å². The quantitative estimate of drug-likeness (QED) is 0.0489. The van der Waals surface area contributed by atoms with E-state index in [-0.39, 0.29) is 112 Å². The number of rotatable bonds is 23. The Morgan fingerprint density at radius 2 is 1.47 bits per heavy atom. The van der Waals surface area contributed by atoms with Crippen molar-refractivity contribution in [3.05, 3.63) is 12.2 Å².